The van der Waals surface area contributed by atoms with Gasteiger partial charge in [-0.15, -0.1) is 0 Å². The molecular weight excluding hydrogens is 237 g/mol. The fourth-order valence-electron chi connectivity index (χ4n) is 0.982. The summed E-state index contributed by atoms with van der Waals surface area (Å²) in [6, 6.07) is 4.06. The summed E-state index contributed by atoms with van der Waals surface area (Å²) in [6.45, 7) is 1.71. The van der Waals surface area contributed by atoms with E-state index in [1.54, 1.807) is 6.92 Å². The molecule has 1 aromatic carbocycles. The molecule has 0 aromatic heterocycles. The van der Waals surface area contributed by atoms with Crippen LogP contribution in [0.25, 0.3) is 0 Å². The molecule has 0 bridgehead atoms. The fourth-order valence-corrected chi connectivity index (χ4v) is 1.33. The van der Waals surface area contributed by atoms with Gasteiger partial charge in [0.15, 0.2) is 5.11 Å². The lowest BCUT2D eigenvalue weighted by Gasteiger charge is -2.04. The second-order valence-corrected chi connectivity index (χ2v) is 3.64. The molecule has 0 fully saturated rings. The molecular formula is C9H9ClFN3S. The molecule has 0 aliphatic rings. The lowest BCUT2D eigenvalue weighted by Crippen LogP contribution is -2.25. The van der Waals surface area contributed by atoms with Crippen molar-refractivity contribution < 1.29 is 4.39 Å². The third-order valence-corrected chi connectivity index (χ3v) is 2.06. The van der Waals surface area contributed by atoms with Gasteiger partial charge in [0.25, 0.3) is 0 Å². The SMILES string of the molecule is CC(=NNC(N)=S)c1ccc(F)cc1Cl. The van der Waals surface area contributed by atoms with Gasteiger partial charge in [0.05, 0.1) is 10.7 Å². The maximum absolute atomic E-state index is 12.7. The van der Waals surface area contributed by atoms with Gasteiger partial charge < -0.3 is 5.73 Å². The Balaban J connectivity index is 2.95. The van der Waals surface area contributed by atoms with Crippen molar-refractivity contribution in [3.05, 3.63) is 34.6 Å². The van der Waals surface area contributed by atoms with E-state index < -0.39 is 0 Å². The number of hydrogen-bond acceptors (Lipinski definition) is 2. The molecule has 0 saturated heterocycles. The maximum atomic E-state index is 12.7. The Labute approximate surface area is 97.1 Å². The molecule has 1 aromatic rings. The van der Waals surface area contributed by atoms with Crippen molar-refractivity contribution in [2.24, 2.45) is 10.8 Å². The maximum Gasteiger partial charge on any atom is 0.184 e. The van der Waals surface area contributed by atoms with Gasteiger partial charge in [-0.05, 0) is 37.3 Å². The molecule has 0 aliphatic carbocycles. The van der Waals surface area contributed by atoms with Gasteiger partial charge >= 0.3 is 0 Å². The molecule has 0 aliphatic heterocycles. The molecule has 15 heavy (non-hydrogen) atoms. The summed E-state index contributed by atoms with van der Waals surface area (Å²) >= 11 is 10.4. The van der Waals surface area contributed by atoms with Gasteiger partial charge in [-0.2, -0.15) is 5.10 Å². The second-order valence-electron chi connectivity index (χ2n) is 2.80. The molecule has 0 amide bonds. The first kappa shape index (κ1) is 11.9. The Bertz CT molecular complexity index is 420. The highest BCUT2D eigenvalue weighted by Gasteiger charge is 2.04. The molecule has 1 rings (SSSR count). The molecule has 0 atom stereocenters. The summed E-state index contributed by atoms with van der Waals surface area (Å²) in [5.74, 6) is -0.390. The first-order valence-corrected chi connectivity index (χ1v) is 4.84. The minimum absolute atomic E-state index is 0.0626. The third kappa shape index (κ3) is 3.45. The summed E-state index contributed by atoms with van der Waals surface area (Å²) in [5, 5.41) is 4.23. The number of hydrazone groups is 1. The van der Waals surface area contributed by atoms with Crippen LogP contribution in [0.5, 0.6) is 0 Å². The number of hydrogen-bond donors (Lipinski definition) is 2. The molecule has 0 spiro atoms. The highest BCUT2D eigenvalue weighted by Crippen LogP contribution is 2.17. The normalized spacial score (nSPS) is 11.3. The summed E-state index contributed by atoms with van der Waals surface area (Å²) < 4.78 is 12.7. The van der Waals surface area contributed by atoms with Crippen molar-refractivity contribution in [2.75, 3.05) is 0 Å². The van der Waals surface area contributed by atoms with Crippen LogP contribution in [0.3, 0.4) is 0 Å². The highest BCUT2D eigenvalue weighted by molar-refractivity contribution is 7.80. The third-order valence-electron chi connectivity index (χ3n) is 1.65. The quantitative estimate of drug-likeness (QED) is 0.476. The Morgan fingerprint density at radius 2 is 2.27 bits per heavy atom. The van der Waals surface area contributed by atoms with Crippen LogP contribution >= 0.6 is 23.8 Å². The number of nitrogens with two attached hydrogens (primary N) is 1. The molecule has 3 N–H and O–H groups in total. The summed E-state index contributed by atoms with van der Waals surface area (Å²) in [7, 11) is 0. The molecule has 0 saturated carbocycles. The predicted molar refractivity (Wildman–Crippen MR) is 63.5 cm³/mol. The molecule has 0 unspecified atom stereocenters. The number of nitrogens with one attached hydrogen (secondary N) is 1. The topological polar surface area (TPSA) is 50.4 Å². The summed E-state index contributed by atoms with van der Waals surface area (Å²) in [5.41, 5.74) is 8.83. The van der Waals surface area contributed by atoms with E-state index in [4.69, 9.17) is 17.3 Å². The van der Waals surface area contributed by atoms with E-state index in [1.807, 2.05) is 0 Å². The zero-order chi connectivity index (χ0) is 11.4. The van der Waals surface area contributed by atoms with Crippen molar-refractivity contribution in [1.29, 1.82) is 0 Å². The average molecular weight is 246 g/mol. The van der Waals surface area contributed by atoms with Gasteiger partial charge in [-0.3, -0.25) is 5.43 Å². The van der Waals surface area contributed by atoms with E-state index in [0.717, 1.165) is 0 Å². The number of benzene rings is 1. The van der Waals surface area contributed by atoms with Gasteiger partial charge in [-0.25, -0.2) is 4.39 Å². The first-order valence-electron chi connectivity index (χ1n) is 4.06. The largest absolute Gasteiger partial charge is 0.375 e. The van der Waals surface area contributed by atoms with Gasteiger partial charge in [0.1, 0.15) is 5.82 Å². The van der Waals surface area contributed by atoms with Crippen LogP contribution in [0.1, 0.15) is 12.5 Å². The lowest BCUT2D eigenvalue weighted by molar-refractivity contribution is 0.628. The van der Waals surface area contributed by atoms with Crippen molar-refractivity contribution >= 4 is 34.6 Å². The molecule has 0 heterocycles. The fraction of sp³-hybridized carbons (Fsp3) is 0.111. The van der Waals surface area contributed by atoms with Gasteiger partial charge in [0, 0.05) is 5.56 Å². The molecule has 80 valence electrons. The van der Waals surface area contributed by atoms with Crippen LogP contribution in [0.15, 0.2) is 23.3 Å². The van der Waals surface area contributed by atoms with Crippen molar-refractivity contribution in [1.82, 2.24) is 5.43 Å². The van der Waals surface area contributed by atoms with Crippen LogP contribution in [-0.4, -0.2) is 10.8 Å². The highest BCUT2D eigenvalue weighted by atomic mass is 35.5. The van der Waals surface area contributed by atoms with E-state index >= 15 is 0 Å². The number of rotatable bonds is 2. The van der Waals surface area contributed by atoms with Crippen molar-refractivity contribution in [3.63, 3.8) is 0 Å². The van der Waals surface area contributed by atoms with Crippen LogP contribution in [0.2, 0.25) is 5.02 Å². The van der Waals surface area contributed by atoms with Gasteiger partial charge in [-0.1, -0.05) is 11.6 Å². The number of halogens is 2. The number of nitrogens with zero attached hydrogens (tertiary/aromatic N) is 1. The Kier molecular flexibility index (Phi) is 3.99. The minimum atomic E-state index is -0.390. The Morgan fingerprint density at radius 1 is 1.60 bits per heavy atom. The van der Waals surface area contributed by atoms with Crippen LogP contribution in [0.4, 0.5) is 4.39 Å². The summed E-state index contributed by atoms with van der Waals surface area (Å²) in [4.78, 5) is 0. The zero-order valence-electron chi connectivity index (χ0n) is 7.92. The molecule has 3 nitrogen and oxygen atoms in total. The van der Waals surface area contributed by atoms with E-state index in [-0.39, 0.29) is 10.9 Å². The van der Waals surface area contributed by atoms with E-state index in [2.05, 4.69) is 22.7 Å². The monoisotopic (exact) mass is 245 g/mol. The standard InChI is InChI=1S/C9H9ClFN3S/c1-5(13-14-9(12)15)7-3-2-6(11)4-8(7)10/h2-4H,1H3,(H3,12,14,15). The zero-order valence-corrected chi connectivity index (χ0v) is 9.49. The summed E-state index contributed by atoms with van der Waals surface area (Å²) in [6.07, 6.45) is 0. The van der Waals surface area contributed by atoms with Crippen LogP contribution < -0.4 is 11.2 Å². The van der Waals surface area contributed by atoms with E-state index in [0.29, 0.717) is 16.3 Å². The van der Waals surface area contributed by atoms with Crippen LogP contribution in [-0.2, 0) is 0 Å². The second kappa shape index (κ2) is 5.04. The van der Waals surface area contributed by atoms with E-state index in [1.165, 1.54) is 18.2 Å². The molecule has 0 radical (unpaired) electrons. The van der Waals surface area contributed by atoms with Crippen molar-refractivity contribution in [2.45, 2.75) is 6.92 Å². The Hall–Kier alpha value is -1.20. The Morgan fingerprint density at radius 3 is 2.80 bits per heavy atom. The molecule has 6 heteroatoms. The van der Waals surface area contributed by atoms with Gasteiger partial charge in [0.2, 0.25) is 0 Å². The first-order chi connectivity index (χ1) is 7.00. The minimum Gasteiger partial charge on any atom is -0.375 e. The van der Waals surface area contributed by atoms with E-state index in [9.17, 15) is 4.39 Å². The average Bonchev–Trinajstić information content (AvgIpc) is 2.14. The van der Waals surface area contributed by atoms with Crippen LogP contribution in [0, 0.1) is 5.82 Å². The lowest BCUT2D eigenvalue weighted by atomic mass is 10.1. The predicted octanol–water partition coefficient (Wildman–Crippen LogP) is 2.04. The number of thiocarbonyl (C=S) groups is 1. The smallest absolute Gasteiger partial charge is 0.184 e. The van der Waals surface area contributed by atoms with Crippen molar-refractivity contribution in [3.8, 4) is 0 Å².